The van der Waals surface area contributed by atoms with Crippen LogP contribution < -0.4 is 10.6 Å². The van der Waals surface area contributed by atoms with Crippen LogP contribution >= 0.6 is 0 Å². The van der Waals surface area contributed by atoms with Gasteiger partial charge in [-0.2, -0.15) is 0 Å². The molecule has 3 aromatic rings. The minimum atomic E-state index is -0.188. The van der Waals surface area contributed by atoms with Crippen molar-refractivity contribution in [2.24, 2.45) is 5.92 Å². The van der Waals surface area contributed by atoms with Gasteiger partial charge in [0.2, 0.25) is 5.91 Å². The van der Waals surface area contributed by atoms with Crippen LogP contribution in [0.3, 0.4) is 0 Å². The fourth-order valence-corrected chi connectivity index (χ4v) is 4.65. The molecule has 2 N–H and O–H groups in total. The molecule has 1 atom stereocenters. The molecule has 1 aliphatic rings. The zero-order chi connectivity index (χ0) is 24.1. The molecule has 1 saturated heterocycles. The molecule has 1 aliphatic heterocycles. The maximum atomic E-state index is 13.0. The molecule has 0 saturated carbocycles. The Morgan fingerprint density at radius 1 is 1.21 bits per heavy atom. The largest absolute Gasteiger partial charge is 0.352 e. The van der Waals surface area contributed by atoms with Crippen molar-refractivity contribution in [3.8, 4) is 0 Å². The number of nitrogens with zero attached hydrogens (tertiary/aromatic N) is 4. The smallest absolute Gasteiger partial charge is 0.251 e. The highest BCUT2D eigenvalue weighted by Crippen LogP contribution is 2.26. The van der Waals surface area contributed by atoms with Crippen LogP contribution in [0.5, 0.6) is 0 Å². The number of amides is 2. The number of carbonyl (C=O) groups is 2. The van der Waals surface area contributed by atoms with E-state index in [1.807, 2.05) is 22.8 Å². The molecule has 34 heavy (non-hydrogen) atoms. The molecule has 2 aromatic heterocycles. The molecule has 3 heterocycles. The first kappa shape index (κ1) is 23.9. The van der Waals surface area contributed by atoms with E-state index in [0.29, 0.717) is 41.8 Å². The van der Waals surface area contributed by atoms with Gasteiger partial charge in [-0.05, 0) is 63.4 Å². The summed E-state index contributed by atoms with van der Waals surface area (Å²) in [4.78, 5) is 36.3. The van der Waals surface area contributed by atoms with Crippen molar-refractivity contribution in [3.05, 3.63) is 54.1 Å². The van der Waals surface area contributed by atoms with Crippen molar-refractivity contribution in [2.45, 2.75) is 52.6 Å². The van der Waals surface area contributed by atoms with E-state index in [1.165, 1.54) is 6.92 Å². The number of aromatic nitrogens is 3. The van der Waals surface area contributed by atoms with E-state index < -0.39 is 0 Å². The van der Waals surface area contributed by atoms with Crippen molar-refractivity contribution < 1.29 is 9.59 Å². The first-order valence-electron chi connectivity index (χ1n) is 12.1. The van der Waals surface area contributed by atoms with Crippen LogP contribution in [0.4, 0.5) is 5.69 Å². The highest BCUT2D eigenvalue weighted by Gasteiger charge is 2.22. The quantitative estimate of drug-likeness (QED) is 0.535. The average Bonchev–Trinajstić information content (AvgIpc) is 3.25. The highest BCUT2D eigenvalue weighted by atomic mass is 16.2. The third-order valence-corrected chi connectivity index (χ3v) is 6.45. The number of hydrogen-bond donors (Lipinski definition) is 2. The van der Waals surface area contributed by atoms with Crippen LogP contribution in [0.1, 0.15) is 49.7 Å². The van der Waals surface area contributed by atoms with Gasteiger partial charge in [-0.15, -0.1) is 0 Å². The second kappa shape index (κ2) is 10.8. The number of anilines is 1. The number of piperidine rings is 1. The molecular weight excluding hydrogens is 428 g/mol. The van der Waals surface area contributed by atoms with Gasteiger partial charge >= 0.3 is 0 Å². The second-order valence-electron chi connectivity index (χ2n) is 9.39. The zero-order valence-corrected chi connectivity index (χ0v) is 20.3. The summed E-state index contributed by atoms with van der Waals surface area (Å²) in [6, 6.07) is 9.92. The topological polar surface area (TPSA) is 92.2 Å². The van der Waals surface area contributed by atoms with E-state index in [0.717, 1.165) is 43.6 Å². The van der Waals surface area contributed by atoms with Gasteiger partial charge in [0.15, 0.2) is 0 Å². The number of hydrogen-bond acceptors (Lipinski definition) is 5. The van der Waals surface area contributed by atoms with Crippen LogP contribution in [0, 0.1) is 5.92 Å². The first-order valence-corrected chi connectivity index (χ1v) is 12.1. The lowest BCUT2D eigenvalue weighted by Crippen LogP contribution is -2.43. The lowest BCUT2D eigenvalue weighted by atomic mass is 9.97. The summed E-state index contributed by atoms with van der Waals surface area (Å²) in [5, 5.41) is 6.00. The Bertz CT molecular complexity index is 1140. The molecule has 1 fully saturated rings. The van der Waals surface area contributed by atoms with Crippen LogP contribution in [0.25, 0.3) is 11.0 Å². The van der Waals surface area contributed by atoms with Gasteiger partial charge in [0, 0.05) is 56.5 Å². The number of pyridine rings is 1. The SMILES string of the molecule is CC(=O)Nc1cc(C(=O)NC[C@@H]2CCCN(C(C)C)C2)cc2ncn(CCc3ccccn3)c12. The van der Waals surface area contributed by atoms with E-state index in [-0.39, 0.29) is 11.8 Å². The average molecular weight is 463 g/mol. The van der Waals surface area contributed by atoms with Gasteiger partial charge in [-0.25, -0.2) is 4.98 Å². The maximum absolute atomic E-state index is 13.0. The second-order valence-corrected chi connectivity index (χ2v) is 9.39. The van der Waals surface area contributed by atoms with Crippen LogP contribution in [-0.2, 0) is 17.8 Å². The zero-order valence-electron chi connectivity index (χ0n) is 20.3. The predicted molar refractivity (Wildman–Crippen MR) is 134 cm³/mol. The third-order valence-electron chi connectivity index (χ3n) is 6.45. The summed E-state index contributed by atoms with van der Waals surface area (Å²) in [6.07, 6.45) is 6.56. The molecule has 0 radical (unpaired) electrons. The molecule has 8 heteroatoms. The van der Waals surface area contributed by atoms with E-state index in [4.69, 9.17) is 0 Å². The van der Waals surface area contributed by atoms with Gasteiger partial charge in [-0.3, -0.25) is 14.6 Å². The standard InChI is InChI=1S/C26H34N6O2/c1-18(2)31-11-6-7-20(16-31)15-28-26(34)21-13-23-25(24(14-21)30-19(3)33)32(17-29-23)12-9-22-8-4-5-10-27-22/h4-5,8,10,13-14,17-18,20H,6-7,9,11-12,15-16H2,1-3H3,(H,28,34)(H,30,33)/t20-/m0/s1. The molecule has 1 aromatic carbocycles. The predicted octanol–water partition coefficient (Wildman–Crippen LogP) is 3.48. The molecule has 0 spiro atoms. The Hall–Kier alpha value is -3.26. The molecule has 0 unspecified atom stereocenters. The normalized spacial score (nSPS) is 16.6. The third kappa shape index (κ3) is 5.80. The first-order chi connectivity index (χ1) is 16.4. The van der Waals surface area contributed by atoms with Gasteiger partial charge in [0.25, 0.3) is 5.91 Å². The van der Waals surface area contributed by atoms with E-state index in [9.17, 15) is 9.59 Å². The minimum Gasteiger partial charge on any atom is -0.352 e. The lowest BCUT2D eigenvalue weighted by molar-refractivity contribution is -0.114. The molecule has 0 bridgehead atoms. The Balaban J connectivity index is 1.50. The molecular formula is C26H34N6O2. The summed E-state index contributed by atoms with van der Waals surface area (Å²) < 4.78 is 2.00. The molecule has 180 valence electrons. The number of benzene rings is 1. The van der Waals surface area contributed by atoms with Crippen LogP contribution in [0.2, 0.25) is 0 Å². The summed E-state index contributed by atoms with van der Waals surface area (Å²) in [5.74, 6) is 0.120. The number of carbonyl (C=O) groups excluding carboxylic acids is 2. The lowest BCUT2D eigenvalue weighted by Gasteiger charge is -2.35. The molecule has 2 amide bonds. The van der Waals surface area contributed by atoms with Crippen molar-refractivity contribution in [1.29, 1.82) is 0 Å². The molecule has 4 rings (SSSR count). The minimum absolute atomic E-state index is 0.141. The van der Waals surface area contributed by atoms with Gasteiger partial charge in [0.05, 0.1) is 23.0 Å². The Labute approximate surface area is 200 Å². The fourth-order valence-electron chi connectivity index (χ4n) is 4.65. The Morgan fingerprint density at radius 2 is 2.06 bits per heavy atom. The fraction of sp³-hybridized carbons (Fsp3) is 0.462. The maximum Gasteiger partial charge on any atom is 0.251 e. The Kier molecular flexibility index (Phi) is 7.57. The molecule has 0 aliphatic carbocycles. The van der Waals surface area contributed by atoms with E-state index in [2.05, 4.69) is 39.3 Å². The monoisotopic (exact) mass is 462 g/mol. The summed E-state index contributed by atoms with van der Waals surface area (Å²) in [5.41, 5.74) is 3.57. The summed E-state index contributed by atoms with van der Waals surface area (Å²) in [7, 11) is 0. The number of nitrogens with one attached hydrogen (secondary N) is 2. The van der Waals surface area contributed by atoms with Crippen molar-refractivity contribution >= 4 is 28.5 Å². The van der Waals surface area contributed by atoms with Crippen LogP contribution in [-0.4, -0.2) is 56.9 Å². The van der Waals surface area contributed by atoms with E-state index in [1.54, 1.807) is 24.7 Å². The van der Waals surface area contributed by atoms with Gasteiger partial charge in [-0.1, -0.05) is 6.07 Å². The van der Waals surface area contributed by atoms with Crippen LogP contribution in [0.15, 0.2) is 42.9 Å². The highest BCUT2D eigenvalue weighted by molar-refractivity contribution is 6.05. The van der Waals surface area contributed by atoms with E-state index >= 15 is 0 Å². The Morgan fingerprint density at radius 3 is 2.79 bits per heavy atom. The number of likely N-dealkylation sites (tertiary alicyclic amines) is 1. The number of imidazole rings is 1. The summed E-state index contributed by atoms with van der Waals surface area (Å²) >= 11 is 0. The number of fused-ring (bicyclic) bond motifs is 1. The molecule has 8 nitrogen and oxygen atoms in total. The van der Waals surface area contributed by atoms with Crippen molar-refractivity contribution in [1.82, 2.24) is 24.8 Å². The summed E-state index contributed by atoms with van der Waals surface area (Å²) in [6.45, 7) is 9.35. The van der Waals surface area contributed by atoms with Crippen molar-refractivity contribution in [2.75, 3.05) is 25.0 Å². The van der Waals surface area contributed by atoms with Gasteiger partial charge < -0.3 is 20.1 Å². The number of aryl methyl sites for hydroxylation is 2. The number of rotatable bonds is 8. The van der Waals surface area contributed by atoms with Crippen molar-refractivity contribution in [3.63, 3.8) is 0 Å². The van der Waals surface area contributed by atoms with Gasteiger partial charge in [0.1, 0.15) is 0 Å².